The van der Waals surface area contributed by atoms with Gasteiger partial charge in [0.05, 0.1) is 0 Å². The summed E-state index contributed by atoms with van der Waals surface area (Å²) in [5, 5.41) is 9.85. The molecule has 1 aromatic carbocycles. The van der Waals surface area contributed by atoms with Gasteiger partial charge in [0.25, 0.3) is 5.56 Å². The monoisotopic (exact) mass is 405 g/mol. The first-order chi connectivity index (χ1) is 13.4. The summed E-state index contributed by atoms with van der Waals surface area (Å²) in [7, 11) is 0. The first-order valence-electron chi connectivity index (χ1n) is 9.67. The number of nitrogens with zero attached hydrogens (tertiary/aromatic N) is 3. The Balaban J connectivity index is 2.54. The average molecular weight is 406 g/mol. The number of aromatic nitrogens is 2. The number of carbonyl (C=O) groups is 1. The summed E-state index contributed by atoms with van der Waals surface area (Å²) in [6.45, 7) is 6.75. The van der Waals surface area contributed by atoms with Crippen molar-refractivity contribution in [2.45, 2.75) is 46.6 Å². The van der Waals surface area contributed by atoms with Gasteiger partial charge in [0.2, 0.25) is 5.91 Å². The minimum atomic E-state index is -0.295. The van der Waals surface area contributed by atoms with Gasteiger partial charge in [-0.05, 0) is 32.4 Å². The third kappa shape index (κ3) is 5.20. The van der Waals surface area contributed by atoms with Crippen LogP contribution in [-0.2, 0) is 17.8 Å². The van der Waals surface area contributed by atoms with Crippen LogP contribution < -0.4 is 5.56 Å². The van der Waals surface area contributed by atoms with Gasteiger partial charge in [-0.25, -0.2) is 4.98 Å². The summed E-state index contributed by atoms with van der Waals surface area (Å²) in [6, 6.07) is 7.07. The number of amides is 1. The maximum Gasteiger partial charge on any atom is 0.257 e. The third-order valence-electron chi connectivity index (χ3n) is 4.72. The van der Waals surface area contributed by atoms with Gasteiger partial charge in [-0.3, -0.25) is 14.2 Å². The van der Waals surface area contributed by atoms with Gasteiger partial charge in [-0.15, -0.1) is 0 Å². The molecule has 1 amide bonds. The third-order valence-corrected chi connectivity index (χ3v) is 4.96. The zero-order chi connectivity index (χ0) is 20.7. The van der Waals surface area contributed by atoms with Crippen LogP contribution in [0.2, 0.25) is 5.02 Å². The highest BCUT2D eigenvalue weighted by atomic mass is 35.5. The van der Waals surface area contributed by atoms with Gasteiger partial charge in [0.1, 0.15) is 12.4 Å². The summed E-state index contributed by atoms with van der Waals surface area (Å²) in [6.07, 6.45) is 2.11. The van der Waals surface area contributed by atoms with Crippen molar-refractivity contribution < 1.29 is 9.90 Å². The van der Waals surface area contributed by atoms with Gasteiger partial charge in [0, 0.05) is 48.0 Å². The summed E-state index contributed by atoms with van der Waals surface area (Å²) >= 11 is 6.12. The van der Waals surface area contributed by atoms with E-state index in [-0.39, 0.29) is 31.0 Å². The molecular weight excluding hydrogens is 378 g/mol. The number of aliphatic hydroxyl groups excluding tert-OH is 1. The minimum absolute atomic E-state index is 0.0933. The van der Waals surface area contributed by atoms with Crippen molar-refractivity contribution in [2.75, 3.05) is 19.7 Å². The molecule has 6 nitrogen and oxygen atoms in total. The molecule has 0 aliphatic carbocycles. The number of benzene rings is 1. The minimum Gasteiger partial charge on any atom is -0.396 e. The van der Waals surface area contributed by atoms with Crippen molar-refractivity contribution in [2.24, 2.45) is 0 Å². The molecule has 2 aromatic rings. The molecule has 1 heterocycles. The highest BCUT2D eigenvalue weighted by Crippen LogP contribution is 2.21. The molecule has 1 N–H and O–H groups in total. The van der Waals surface area contributed by atoms with E-state index in [0.717, 1.165) is 12.8 Å². The Hall–Kier alpha value is -2.18. The first kappa shape index (κ1) is 22.1. The molecule has 0 saturated heterocycles. The number of halogens is 1. The van der Waals surface area contributed by atoms with E-state index in [9.17, 15) is 14.7 Å². The lowest BCUT2D eigenvalue weighted by molar-refractivity contribution is -0.131. The predicted octanol–water partition coefficient (Wildman–Crippen LogP) is 3.06. The lowest BCUT2D eigenvalue weighted by Crippen LogP contribution is -2.39. The molecule has 28 heavy (non-hydrogen) atoms. The molecule has 0 bridgehead atoms. The van der Waals surface area contributed by atoms with Crippen molar-refractivity contribution in [1.82, 2.24) is 14.5 Å². The number of hydrogen-bond acceptors (Lipinski definition) is 4. The zero-order valence-electron chi connectivity index (χ0n) is 16.7. The Kier molecular flexibility index (Phi) is 8.20. The average Bonchev–Trinajstić information content (AvgIpc) is 2.67. The summed E-state index contributed by atoms with van der Waals surface area (Å²) in [5.41, 5.74) is 1.36. The number of aryl methyl sites for hydroxylation is 1. The van der Waals surface area contributed by atoms with Crippen LogP contribution in [0.15, 0.2) is 29.1 Å². The van der Waals surface area contributed by atoms with Crippen LogP contribution in [0.1, 0.15) is 37.9 Å². The van der Waals surface area contributed by atoms with Crippen LogP contribution in [0, 0.1) is 6.92 Å². The van der Waals surface area contributed by atoms with E-state index in [1.165, 1.54) is 4.57 Å². The van der Waals surface area contributed by atoms with Crippen LogP contribution >= 0.6 is 11.6 Å². The summed E-state index contributed by atoms with van der Waals surface area (Å²) in [4.78, 5) is 32.3. The van der Waals surface area contributed by atoms with Gasteiger partial charge >= 0.3 is 0 Å². The molecule has 1 aromatic heterocycles. The lowest BCUT2D eigenvalue weighted by Gasteiger charge is -2.22. The van der Waals surface area contributed by atoms with E-state index < -0.39 is 0 Å². The van der Waals surface area contributed by atoms with Crippen LogP contribution in [0.3, 0.4) is 0 Å². The molecule has 0 radical (unpaired) electrons. The molecule has 0 aliphatic heterocycles. The first-order valence-corrected chi connectivity index (χ1v) is 10.1. The topological polar surface area (TPSA) is 75.4 Å². The van der Waals surface area contributed by atoms with E-state index >= 15 is 0 Å². The number of likely N-dealkylation sites (N-methyl/N-ethyl adjacent to an activating group) is 1. The number of hydrogen-bond donors (Lipinski definition) is 1. The van der Waals surface area contributed by atoms with Crippen LogP contribution in [-0.4, -0.2) is 45.2 Å². The Morgan fingerprint density at radius 2 is 2.07 bits per heavy atom. The molecule has 2 rings (SSSR count). The Bertz CT molecular complexity index is 880. The number of carbonyl (C=O) groups excluding carboxylic acids is 1. The van der Waals surface area contributed by atoms with Gasteiger partial charge < -0.3 is 10.0 Å². The van der Waals surface area contributed by atoms with E-state index in [1.54, 1.807) is 30.0 Å². The molecule has 0 atom stereocenters. The Morgan fingerprint density at radius 3 is 2.68 bits per heavy atom. The van der Waals surface area contributed by atoms with Crippen LogP contribution in [0.5, 0.6) is 0 Å². The second-order valence-corrected chi connectivity index (χ2v) is 7.14. The molecule has 0 spiro atoms. The molecule has 152 valence electrons. The fourth-order valence-corrected chi connectivity index (χ4v) is 3.33. The Labute approximate surface area is 170 Å². The van der Waals surface area contributed by atoms with E-state index in [4.69, 9.17) is 11.6 Å². The normalized spacial score (nSPS) is 10.9. The van der Waals surface area contributed by atoms with Gasteiger partial charge in [-0.1, -0.05) is 37.1 Å². The number of aliphatic hydroxyl groups is 1. The van der Waals surface area contributed by atoms with Crippen molar-refractivity contribution in [3.05, 3.63) is 50.9 Å². The second kappa shape index (κ2) is 10.4. The van der Waals surface area contributed by atoms with Gasteiger partial charge in [-0.2, -0.15) is 0 Å². The van der Waals surface area contributed by atoms with Crippen LogP contribution in [0.25, 0.3) is 11.4 Å². The number of rotatable bonds is 9. The molecule has 7 heteroatoms. The lowest BCUT2D eigenvalue weighted by atomic mass is 10.1. The highest BCUT2D eigenvalue weighted by molar-refractivity contribution is 6.30. The maximum atomic E-state index is 13.1. The van der Waals surface area contributed by atoms with Crippen molar-refractivity contribution >= 4 is 17.5 Å². The quantitative estimate of drug-likeness (QED) is 0.695. The largest absolute Gasteiger partial charge is 0.396 e. The van der Waals surface area contributed by atoms with E-state index in [2.05, 4.69) is 11.9 Å². The fraction of sp³-hybridized carbons (Fsp3) is 0.476. The van der Waals surface area contributed by atoms with Gasteiger partial charge in [0.15, 0.2) is 0 Å². The van der Waals surface area contributed by atoms with E-state index in [0.29, 0.717) is 40.8 Å². The van der Waals surface area contributed by atoms with Crippen molar-refractivity contribution in [3.63, 3.8) is 0 Å². The smallest absolute Gasteiger partial charge is 0.257 e. The molecular formula is C21H28ClN3O3. The van der Waals surface area contributed by atoms with Crippen LogP contribution in [0.4, 0.5) is 0 Å². The SMILES string of the molecule is CCCCN(CC)C(=O)Cn1c(-c2cccc(Cl)c2)nc(C)c(CCO)c1=O. The molecule has 0 saturated carbocycles. The van der Waals surface area contributed by atoms with Crippen molar-refractivity contribution in [1.29, 1.82) is 0 Å². The maximum absolute atomic E-state index is 13.1. The second-order valence-electron chi connectivity index (χ2n) is 6.70. The number of unbranched alkanes of at least 4 members (excludes halogenated alkanes) is 1. The molecule has 0 aliphatic rings. The molecule has 0 fully saturated rings. The standard InChI is InChI=1S/C21H28ClN3O3/c1-4-6-11-24(5-2)19(27)14-25-20(16-8-7-9-17(22)13-16)23-15(3)18(10-12-26)21(25)28/h7-9,13,26H,4-6,10-12,14H2,1-3H3. The zero-order valence-corrected chi connectivity index (χ0v) is 17.5. The predicted molar refractivity (Wildman–Crippen MR) is 112 cm³/mol. The molecule has 0 unspecified atom stereocenters. The summed E-state index contributed by atoms with van der Waals surface area (Å²) in [5.74, 6) is 0.286. The summed E-state index contributed by atoms with van der Waals surface area (Å²) < 4.78 is 1.40. The highest BCUT2D eigenvalue weighted by Gasteiger charge is 2.20. The Morgan fingerprint density at radius 1 is 1.32 bits per heavy atom. The van der Waals surface area contributed by atoms with Crippen molar-refractivity contribution in [3.8, 4) is 11.4 Å². The van der Waals surface area contributed by atoms with E-state index in [1.807, 2.05) is 13.0 Å². The fourth-order valence-electron chi connectivity index (χ4n) is 3.14.